The van der Waals surface area contributed by atoms with Gasteiger partial charge in [-0.25, -0.2) is 20.8 Å². The highest BCUT2D eigenvalue weighted by Gasteiger charge is 2.10. The number of thiazole rings is 1. The molecule has 100 valence electrons. The molecule has 3 rings (SSSR count). The van der Waals surface area contributed by atoms with E-state index in [2.05, 4.69) is 20.4 Å². The molecule has 5 nitrogen and oxygen atoms in total. The number of nitrogens with two attached hydrogens (primary N) is 1. The third-order valence-electron chi connectivity index (χ3n) is 2.75. The van der Waals surface area contributed by atoms with Crippen molar-refractivity contribution < 1.29 is 0 Å². The Morgan fingerprint density at radius 3 is 2.55 bits per heavy atom. The van der Waals surface area contributed by atoms with E-state index in [1.165, 1.54) is 11.3 Å². The minimum Gasteiger partial charge on any atom is -0.308 e. The maximum absolute atomic E-state index is 5.49. The van der Waals surface area contributed by atoms with Gasteiger partial charge in [0.25, 0.3) is 0 Å². The van der Waals surface area contributed by atoms with E-state index in [1.54, 1.807) is 0 Å². The lowest BCUT2D eigenvalue weighted by molar-refractivity contribution is 1.13. The molecule has 0 bridgehead atoms. The summed E-state index contributed by atoms with van der Waals surface area (Å²) < 4.78 is 0. The van der Waals surface area contributed by atoms with Gasteiger partial charge in [0, 0.05) is 22.7 Å². The van der Waals surface area contributed by atoms with Gasteiger partial charge in [0.2, 0.25) is 0 Å². The predicted octanol–water partition coefficient (Wildman–Crippen LogP) is 2.86. The number of aromatic nitrogens is 3. The Morgan fingerprint density at radius 2 is 1.90 bits per heavy atom. The first kappa shape index (κ1) is 12.7. The van der Waals surface area contributed by atoms with Crippen molar-refractivity contribution in [3.05, 3.63) is 47.5 Å². The highest BCUT2D eigenvalue weighted by molar-refractivity contribution is 7.13. The predicted molar refractivity (Wildman–Crippen MR) is 81.1 cm³/mol. The van der Waals surface area contributed by atoms with Gasteiger partial charge >= 0.3 is 0 Å². The van der Waals surface area contributed by atoms with Gasteiger partial charge in [-0.05, 0) is 6.92 Å². The second kappa shape index (κ2) is 5.36. The smallest absolute Gasteiger partial charge is 0.191 e. The summed E-state index contributed by atoms with van der Waals surface area (Å²) in [5.74, 6) is 6.64. The summed E-state index contributed by atoms with van der Waals surface area (Å²) in [6.45, 7) is 1.95. The van der Waals surface area contributed by atoms with Crippen LogP contribution in [0.5, 0.6) is 0 Å². The monoisotopic (exact) mass is 283 g/mol. The molecule has 0 spiro atoms. The highest BCUT2D eigenvalue weighted by Crippen LogP contribution is 2.25. The summed E-state index contributed by atoms with van der Waals surface area (Å²) >= 11 is 1.52. The van der Waals surface area contributed by atoms with E-state index in [-0.39, 0.29) is 0 Å². The first-order valence-electron chi connectivity index (χ1n) is 6.10. The normalized spacial score (nSPS) is 10.5. The molecule has 0 aliphatic heterocycles. The summed E-state index contributed by atoms with van der Waals surface area (Å²) in [6.07, 6.45) is 0. The molecule has 1 aromatic carbocycles. The van der Waals surface area contributed by atoms with E-state index in [0.29, 0.717) is 11.6 Å². The van der Waals surface area contributed by atoms with Crippen LogP contribution in [-0.4, -0.2) is 15.0 Å². The number of benzene rings is 1. The lowest BCUT2D eigenvalue weighted by Crippen LogP contribution is -2.09. The Bertz CT molecular complexity index is 723. The molecular formula is C14H13N5S. The van der Waals surface area contributed by atoms with Crippen LogP contribution in [0, 0.1) is 6.92 Å². The molecule has 0 aliphatic rings. The molecule has 0 atom stereocenters. The van der Waals surface area contributed by atoms with Gasteiger partial charge in [-0.3, -0.25) is 0 Å². The second-order valence-electron chi connectivity index (χ2n) is 4.27. The fourth-order valence-electron chi connectivity index (χ4n) is 1.83. The van der Waals surface area contributed by atoms with E-state index in [1.807, 2.05) is 48.7 Å². The van der Waals surface area contributed by atoms with E-state index >= 15 is 0 Å². The topological polar surface area (TPSA) is 76.7 Å². The number of hydrazine groups is 1. The minimum absolute atomic E-state index is 0.571. The first-order chi connectivity index (χ1) is 9.76. The Labute approximate surface area is 120 Å². The Morgan fingerprint density at radius 1 is 1.10 bits per heavy atom. The van der Waals surface area contributed by atoms with E-state index in [4.69, 9.17) is 5.84 Å². The van der Waals surface area contributed by atoms with Crippen molar-refractivity contribution in [2.75, 3.05) is 5.43 Å². The highest BCUT2D eigenvalue weighted by atomic mass is 32.1. The number of hydrogen-bond acceptors (Lipinski definition) is 6. The summed E-state index contributed by atoms with van der Waals surface area (Å²) in [5.41, 5.74) is 5.37. The maximum Gasteiger partial charge on any atom is 0.191 e. The lowest BCUT2D eigenvalue weighted by atomic mass is 10.1. The fourth-order valence-corrected chi connectivity index (χ4v) is 2.56. The maximum atomic E-state index is 5.49. The van der Waals surface area contributed by atoms with Crippen LogP contribution >= 0.6 is 11.3 Å². The fraction of sp³-hybridized carbons (Fsp3) is 0.0714. The molecule has 0 saturated heterocycles. The number of hydrogen-bond donors (Lipinski definition) is 2. The molecule has 20 heavy (non-hydrogen) atoms. The number of nitrogens with one attached hydrogen (secondary N) is 1. The van der Waals surface area contributed by atoms with Gasteiger partial charge in [0.1, 0.15) is 5.82 Å². The third kappa shape index (κ3) is 2.52. The van der Waals surface area contributed by atoms with Crippen LogP contribution in [0.25, 0.3) is 22.1 Å². The van der Waals surface area contributed by atoms with Gasteiger partial charge < -0.3 is 5.43 Å². The largest absolute Gasteiger partial charge is 0.308 e. The van der Waals surface area contributed by atoms with Gasteiger partial charge in [-0.2, -0.15) is 0 Å². The number of rotatable bonds is 3. The average molecular weight is 283 g/mol. The standard InChI is InChI=1S/C14H13N5S/c1-9-8-20-14(16-9)13-17-11(7-12(18-13)19-15)10-5-3-2-4-6-10/h2-8H,15H2,1H3,(H,17,18,19). The van der Waals surface area contributed by atoms with Crippen LogP contribution in [0.1, 0.15) is 5.69 Å². The zero-order valence-electron chi connectivity index (χ0n) is 10.9. The molecule has 0 amide bonds. The third-order valence-corrected chi connectivity index (χ3v) is 3.71. The van der Waals surface area contributed by atoms with Crippen molar-refractivity contribution in [1.29, 1.82) is 0 Å². The molecule has 3 aromatic rings. The van der Waals surface area contributed by atoms with E-state index in [0.717, 1.165) is 22.0 Å². The van der Waals surface area contributed by atoms with Crippen LogP contribution in [-0.2, 0) is 0 Å². The van der Waals surface area contributed by atoms with Gasteiger partial charge in [-0.15, -0.1) is 11.3 Å². The quantitative estimate of drug-likeness (QED) is 0.571. The minimum atomic E-state index is 0.571. The molecule has 0 unspecified atom stereocenters. The molecule has 6 heteroatoms. The molecule has 0 fully saturated rings. The first-order valence-corrected chi connectivity index (χ1v) is 6.98. The SMILES string of the molecule is Cc1csc(-c2nc(NN)cc(-c3ccccc3)n2)n1. The molecule has 2 heterocycles. The van der Waals surface area contributed by atoms with Crippen molar-refractivity contribution in [3.8, 4) is 22.1 Å². The lowest BCUT2D eigenvalue weighted by Gasteiger charge is -2.06. The zero-order valence-corrected chi connectivity index (χ0v) is 11.7. The van der Waals surface area contributed by atoms with E-state index in [9.17, 15) is 0 Å². The van der Waals surface area contributed by atoms with Crippen molar-refractivity contribution in [1.82, 2.24) is 15.0 Å². The number of nitrogens with zero attached hydrogens (tertiary/aromatic N) is 3. The molecular weight excluding hydrogens is 270 g/mol. The zero-order chi connectivity index (χ0) is 13.9. The molecule has 0 saturated carbocycles. The molecule has 3 N–H and O–H groups in total. The van der Waals surface area contributed by atoms with E-state index < -0.39 is 0 Å². The Balaban J connectivity index is 2.12. The van der Waals surface area contributed by atoms with Crippen LogP contribution < -0.4 is 11.3 Å². The Hall–Kier alpha value is -2.31. The average Bonchev–Trinajstić information content (AvgIpc) is 2.94. The number of nitrogen functional groups attached to an aromatic ring is 1. The van der Waals surface area contributed by atoms with Crippen LogP contribution in [0.4, 0.5) is 5.82 Å². The summed E-state index contributed by atoms with van der Waals surface area (Å²) in [6, 6.07) is 11.7. The Kier molecular flexibility index (Phi) is 3.41. The molecule has 0 radical (unpaired) electrons. The summed E-state index contributed by atoms with van der Waals surface area (Å²) in [7, 11) is 0. The van der Waals surface area contributed by atoms with Crippen molar-refractivity contribution in [3.63, 3.8) is 0 Å². The van der Waals surface area contributed by atoms with Crippen molar-refractivity contribution in [2.45, 2.75) is 6.92 Å². The number of anilines is 1. The number of aryl methyl sites for hydroxylation is 1. The molecule has 2 aromatic heterocycles. The van der Waals surface area contributed by atoms with Crippen LogP contribution in [0.2, 0.25) is 0 Å². The van der Waals surface area contributed by atoms with Crippen LogP contribution in [0.15, 0.2) is 41.8 Å². The van der Waals surface area contributed by atoms with Gasteiger partial charge in [-0.1, -0.05) is 30.3 Å². The molecule has 0 aliphatic carbocycles. The summed E-state index contributed by atoms with van der Waals surface area (Å²) in [5, 5.41) is 2.76. The van der Waals surface area contributed by atoms with Crippen LogP contribution in [0.3, 0.4) is 0 Å². The van der Waals surface area contributed by atoms with Gasteiger partial charge in [0.15, 0.2) is 10.8 Å². The van der Waals surface area contributed by atoms with Crippen molar-refractivity contribution in [2.24, 2.45) is 5.84 Å². The van der Waals surface area contributed by atoms with Crippen molar-refractivity contribution >= 4 is 17.2 Å². The summed E-state index contributed by atoms with van der Waals surface area (Å²) in [4.78, 5) is 13.4. The van der Waals surface area contributed by atoms with Gasteiger partial charge in [0.05, 0.1) is 5.69 Å². The second-order valence-corrected chi connectivity index (χ2v) is 5.12.